The van der Waals surface area contributed by atoms with Crippen LogP contribution in [0.5, 0.6) is 0 Å². The molecule has 0 radical (unpaired) electrons. The van der Waals surface area contributed by atoms with Crippen LogP contribution < -0.4 is 5.32 Å². The fourth-order valence-corrected chi connectivity index (χ4v) is 4.05. The number of rotatable bonds is 8. The van der Waals surface area contributed by atoms with Crippen molar-refractivity contribution in [3.63, 3.8) is 0 Å². The van der Waals surface area contributed by atoms with Gasteiger partial charge in [-0.05, 0) is 38.0 Å². The van der Waals surface area contributed by atoms with Crippen LogP contribution in [-0.4, -0.2) is 32.4 Å². The summed E-state index contributed by atoms with van der Waals surface area (Å²) in [7, 11) is 0. The molecular formula is C17H25N5OS. The molecule has 0 aliphatic heterocycles. The Hall–Kier alpha value is -1.55. The average molecular weight is 347 g/mol. The fourth-order valence-electron chi connectivity index (χ4n) is 3.43. The van der Waals surface area contributed by atoms with Crippen molar-refractivity contribution in [2.75, 3.05) is 5.75 Å². The Bertz CT molecular complexity index is 615. The summed E-state index contributed by atoms with van der Waals surface area (Å²) in [5.74, 6) is 2.15. The van der Waals surface area contributed by atoms with E-state index in [4.69, 9.17) is 0 Å². The van der Waals surface area contributed by atoms with Crippen molar-refractivity contribution in [1.29, 1.82) is 5.26 Å². The lowest BCUT2D eigenvalue weighted by Gasteiger charge is -2.22. The highest BCUT2D eigenvalue weighted by Gasteiger charge is 2.42. The first kappa shape index (κ1) is 17.3. The first-order valence-electron chi connectivity index (χ1n) is 8.85. The molecule has 130 valence electrons. The van der Waals surface area contributed by atoms with Gasteiger partial charge in [-0.25, -0.2) is 4.98 Å². The van der Waals surface area contributed by atoms with Crippen LogP contribution in [0.2, 0.25) is 0 Å². The number of H-pyrrole nitrogens is 1. The number of aromatic amines is 1. The van der Waals surface area contributed by atoms with Gasteiger partial charge in [-0.3, -0.25) is 9.89 Å². The van der Waals surface area contributed by atoms with Gasteiger partial charge in [0.25, 0.3) is 0 Å². The SMILES string of the molecule is CC(C#N)(NC(=O)CSc1n[nH]c(CCC2CCCC2)n1)C1CC1. The largest absolute Gasteiger partial charge is 0.337 e. The maximum absolute atomic E-state index is 12.1. The molecule has 1 aromatic rings. The van der Waals surface area contributed by atoms with E-state index in [2.05, 4.69) is 26.6 Å². The molecule has 1 aromatic heterocycles. The molecule has 0 aromatic carbocycles. The summed E-state index contributed by atoms with van der Waals surface area (Å²) in [6.45, 7) is 1.81. The lowest BCUT2D eigenvalue weighted by Crippen LogP contribution is -2.47. The Morgan fingerprint density at radius 1 is 1.42 bits per heavy atom. The molecule has 2 N–H and O–H groups in total. The van der Waals surface area contributed by atoms with Crippen molar-refractivity contribution in [2.24, 2.45) is 11.8 Å². The van der Waals surface area contributed by atoms with Gasteiger partial charge >= 0.3 is 0 Å². The van der Waals surface area contributed by atoms with Crippen LogP contribution in [0.1, 0.15) is 57.7 Å². The van der Waals surface area contributed by atoms with Crippen LogP contribution in [0.25, 0.3) is 0 Å². The van der Waals surface area contributed by atoms with Gasteiger partial charge < -0.3 is 5.32 Å². The van der Waals surface area contributed by atoms with Crippen LogP contribution in [0.15, 0.2) is 5.16 Å². The highest BCUT2D eigenvalue weighted by atomic mass is 32.2. The summed E-state index contributed by atoms with van der Waals surface area (Å²) in [5, 5.41) is 19.9. The van der Waals surface area contributed by atoms with E-state index in [-0.39, 0.29) is 11.7 Å². The number of nitriles is 1. The molecule has 1 heterocycles. The third kappa shape index (κ3) is 4.50. The molecule has 0 saturated heterocycles. The molecule has 0 spiro atoms. The normalized spacial score (nSPS) is 20.5. The van der Waals surface area contributed by atoms with E-state index in [1.807, 2.05) is 0 Å². The molecule has 6 nitrogen and oxygen atoms in total. The van der Waals surface area contributed by atoms with E-state index in [1.165, 1.54) is 43.9 Å². The van der Waals surface area contributed by atoms with Gasteiger partial charge in [0, 0.05) is 6.42 Å². The molecule has 2 aliphatic rings. The van der Waals surface area contributed by atoms with E-state index in [0.29, 0.717) is 11.1 Å². The van der Waals surface area contributed by atoms with Gasteiger partial charge in [-0.15, -0.1) is 5.10 Å². The van der Waals surface area contributed by atoms with Crippen LogP contribution in [0, 0.1) is 23.2 Å². The summed E-state index contributed by atoms with van der Waals surface area (Å²) in [6.07, 6.45) is 9.54. The van der Waals surface area contributed by atoms with Crippen molar-refractivity contribution in [3.05, 3.63) is 5.82 Å². The number of amides is 1. The number of carbonyl (C=O) groups excluding carboxylic acids is 1. The van der Waals surface area contributed by atoms with E-state index in [1.54, 1.807) is 6.92 Å². The topological polar surface area (TPSA) is 94.5 Å². The minimum Gasteiger partial charge on any atom is -0.337 e. The Morgan fingerprint density at radius 3 is 2.83 bits per heavy atom. The second-order valence-corrected chi connectivity index (χ2v) is 8.12. The standard InChI is InChI=1S/C17H25N5OS/c1-17(11-18,13-7-8-13)20-15(23)10-24-16-19-14(21-22-16)9-6-12-4-2-3-5-12/h12-13H,2-10H2,1H3,(H,20,23)(H,19,21,22). The Balaban J connectivity index is 1.41. The number of hydrogen-bond acceptors (Lipinski definition) is 5. The fraction of sp³-hybridized carbons (Fsp3) is 0.765. The van der Waals surface area contributed by atoms with E-state index in [9.17, 15) is 10.1 Å². The first-order valence-corrected chi connectivity index (χ1v) is 9.84. The maximum atomic E-state index is 12.1. The van der Waals surface area contributed by atoms with Gasteiger partial charge in [0.2, 0.25) is 11.1 Å². The second-order valence-electron chi connectivity index (χ2n) is 7.18. The van der Waals surface area contributed by atoms with Crippen LogP contribution in [0.4, 0.5) is 0 Å². The first-order chi connectivity index (χ1) is 11.6. The van der Waals surface area contributed by atoms with Crippen LogP contribution in [0.3, 0.4) is 0 Å². The molecule has 24 heavy (non-hydrogen) atoms. The van der Waals surface area contributed by atoms with Crippen LogP contribution in [-0.2, 0) is 11.2 Å². The summed E-state index contributed by atoms with van der Waals surface area (Å²) in [4.78, 5) is 16.5. The quantitative estimate of drug-likeness (QED) is 0.705. The number of nitrogens with one attached hydrogen (secondary N) is 2. The molecular weight excluding hydrogens is 322 g/mol. The molecule has 2 fully saturated rings. The lowest BCUT2D eigenvalue weighted by atomic mass is 9.98. The maximum Gasteiger partial charge on any atom is 0.231 e. The predicted molar refractivity (Wildman–Crippen MR) is 92.3 cm³/mol. The van der Waals surface area contributed by atoms with E-state index < -0.39 is 5.54 Å². The average Bonchev–Trinajstić information content (AvgIpc) is 3.13. The smallest absolute Gasteiger partial charge is 0.231 e. The van der Waals surface area contributed by atoms with Gasteiger partial charge in [0.05, 0.1) is 11.8 Å². The summed E-state index contributed by atoms with van der Waals surface area (Å²) in [5.41, 5.74) is -0.733. The number of nitrogens with zero attached hydrogens (tertiary/aromatic N) is 3. The number of hydrogen-bond donors (Lipinski definition) is 2. The monoisotopic (exact) mass is 347 g/mol. The summed E-state index contributed by atoms with van der Waals surface area (Å²) in [6, 6.07) is 2.24. The Kier molecular flexibility index (Phi) is 5.44. The third-order valence-corrected chi connectivity index (χ3v) is 5.98. The molecule has 1 unspecified atom stereocenters. The Labute approximate surface area is 147 Å². The molecule has 0 bridgehead atoms. The zero-order chi connectivity index (χ0) is 17.0. The summed E-state index contributed by atoms with van der Waals surface area (Å²) < 4.78 is 0. The highest BCUT2D eigenvalue weighted by molar-refractivity contribution is 7.99. The zero-order valence-electron chi connectivity index (χ0n) is 14.2. The van der Waals surface area contributed by atoms with E-state index >= 15 is 0 Å². The molecule has 1 atom stereocenters. The van der Waals surface area contributed by atoms with Crippen molar-refractivity contribution in [2.45, 2.75) is 69.0 Å². The summed E-state index contributed by atoms with van der Waals surface area (Å²) >= 11 is 1.32. The van der Waals surface area contributed by atoms with Crippen molar-refractivity contribution in [3.8, 4) is 6.07 Å². The number of thioether (sulfide) groups is 1. The number of aryl methyl sites for hydroxylation is 1. The Morgan fingerprint density at radius 2 is 2.17 bits per heavy atom. The second kappa shape index (κ2) is 7.56. The molecule has 3 rings (SSSR count). The third-order valence-electron chi connectivity index (χ3n) is 5.13. The molecule has 2 aliphatic carbocycles. The number of aromatic nitrogens is 3. The van der Waals surface area contributed by atoms with Crippen LogP contribution >= 0.6 is 11.8 Å². The van der Waals surface area contributed by atoms with Gasteiger partial charge in [-0.1, -0.05) is 37.4 Å². The van der Waals surface area contributed by atoms with Gasteiger partial charge in [0.1, 0.15) is 11.4 Å². The minimum absolute atomic E-state index is 0.131. The molecule has 2 saturated carbocycles. The van der Waals surface area contributed by atoms with Crippen molar-refractivity contribution < 1.29 is 4.79 Å². The van der Waals surface area contributed by atoms with Crippen molar-refractivity contribution in [1.82, 2.24) is 20.5 Å². The van der Waals surface area contributed by atoms with Gasteiger partial charge in [0.15, 0.2) is 0 Å². The predicted octanol–water partition coefficient (Wildman–Crippen LogP) is 2.83. The highest BCUT2D eigenvalue weighted by Crippen LogP contribution is 2.39. The minimum atomic E-state index is -0.733. The van der Waals surface area contributed by atoms with Gasteiger partial charge in [-0.2, -0.15) is 5.26 Å². The zero-order valence-corrected chi connectivity index (χ0v) is 15.0. The molecule has 1 amide bonds. The van der Waals surface area contributed by atoms with Crippen molar-refractivity contribution >= 4 is 17.7 Å². The number of carbonyl (C=O) groups is 1. The molecule has 7 heteroatoms. The van der Waals surface area contributed by atoms with E-state index in [0.717, 1.165) is 31.0 Å². The lowest BCUT2D eigenvalue weighted by molar-refractivity contribution is -0.119.